The van der Waals surface area contributed by atoms with E-state index in [1.54, 1.807) is 43.5 Å². The van der Waals surface area contributed by atoms with Gasteiger partial charge in [0.15, 0.2) is 6.10 Å². The molecule has 0 aliphatic carbocycles. The third-order valence-corrected chi connectivity index (χ3v) is 2.92. The van der Waals surface area contributed by atoms with Crippen LogP contribution in [0.4, 0.5) is 13.2 Å². The Morgan fingerprint density at radius 1 is 1.11 bits per heavy atom. The molecule has 19 heavy (non-hydrogen) atoms. The Kier molecular flexibility index (Phi) is 3.66. The highest BCUT2D eigenvalue weighted by molar-refractivity contribution is 5.84. The minimum absolute atomic E-state index is 0.439. The highest BCUT2D eigenvalue weighted by Crippen LogP contribution is 2.26. The molecule has 102 valence electrons. The van der Waals surface area contributed by atoms with E-state index >= 15 is 0 Å². The normalized spacial score (nSPS) is 13.5. The lowest BCUT2D eigenvalue weighted by atomic mass is 10.0. The van der Waals surface area contributed by atoms with E-state index < -0.39 is 18.7 Å². The van der Waals surface area contributed by atoms with E-state index in [9.17, 15) is 13.2 Å². The van der Waals surface area contributed by atoms with Crippen LogP contribution in [0, 0.1) is 0 Å². The highest BCUT2D eigenvalue weighted by atomic mass is 19.4. The van der Waals surface area contributed by atoms with E-state index in [1.165, 1.54) is 0 Å². The van der Waals surface area contributed by atoms with Crippen LogP contribution >= 0.6 is 0 Å². The lowest BCUT2D eigenvalue weighted by Crippen LogP contribution is -2.30. The SMILES string of the molecule is COc1ccc2cc(C[C@@H](O)C(F)(F)F)ccc2c1. The molecule has 0 aliphatic heterocycles. The topological polar surface area (TPSA) is 29.5 Å². The molecular formula is C14H13F3O2. The summed E-state index contributed by atoms with van der Waals surface area (Å²) in [6.45, 7) is 0. The fourth-order valence-corrected chi connectivity index (χ4v) is 1.87. The van der Waals surface area contributed by atoms with Crippen LogP contribution in [0.25, 0.3) is 10.8 Å². The maximum Gasteiger partial charge on any atom is 0.414 e. The summed E-state index contributed by atoms with van der Waals surface area (Å²) in [6.07, 6.45) is -7.36. The third kappa shape index (κ3) is 3.17. The second kappa shape index (κ2) is 5.09. The standard InChI is InChI=1S/C14H13F3O2/c1-19-12-5-4-10-6-9(2-3-11(10)8-12)7-13(18)14(15,16)17/h2-6,8,13,18H,7H2,1H3/t13-/m1/s1. The van der Waals surface area contributed by atoms with Gasteiger partial charge < -0.3 is 9.84 Å². The zero-order valence-electron chi connectivity index (χ0n) is 10.2. The molecule has 0 spiro atoms. The molecule has 0 heterocycles. The van der Waals surface area contributed by atoms with Crippen molar-refractivity contribution in [2.45, 2.75) is 18.7 Å². The van der Waals surface area contributed by atoms with Crippen LogP contribution < -0.4 is 4.74 Å². The second-order valence-electron chi connectivity index (χ2n) is 4.31. The van der Waals surface area contributed by atoms with Gasteiger partial charge in [-0.05, 0) is 28.5 Å². The summed E-state index contributed by atoms with van der Waals surface area (Å²) in [6, 6.07) is 10.3. The van der Waals surface area contributed by atoms with E-state index in [-0.39, 0.29) is 0 Å². The average molecular weight is 270 g/mol. The number of rotatable bonds is 3. The molecule has 5 heteroatoms. The molecule has 2 nitrogen and oxygen atoms in total. The molecule has 0 bridgehead atoms. The highest BCUT2D eigenvalue weighted by Gasteiger charge is 2.37. The van der Waals surface area contributed by atoms with Crippen LogP contribution in [0.3, 0.4) is 0 Å². The number of ether oxygens (including phenoxy) is 1. The van der Waals surface area contributed by atoms with Gasteiger partial charge in [-0.1, -0.05) is 24.3 Å². The van der Waals surface area contributed by atoms with Crippen molar-refractivity contribution in [1.82, 2.24) is 0 Å². The van der Waals surface area contributed by atoms with Gasteiger partial charge in [0, 0.05) is 6.42 Å². The van der Waals surface area contributed by atoms with E-state index in [2.05, 4.69) is 0 Å². The molecule has 1 N–H and O–H groups in total. The van der Waals surface area contributed by atoms with Gasteiger partial charge in [0.05, 0.1) is 7.11 Å². The fraction of sp³-hybridized carbons (Fsp3) is 0.286. The van der Waals surface area contributed by atoms with Crippen molar-refractivity contribution in [3.8, 4) is 5.75 Å². The van der Waals surface area contributed by atoms with Crippen molar-refractivity contribution in [2.75, 3.05) is 7.11 Å². The van der Waals surface area contributed by atoms with Crippen LogP contribution in [0.15, 0.2) is 36.4 Å². The number of hydrogen-bond donors (Lipinski definition) is 1. The summed E-state index contributed by atoms with van der Waals surface area (Å²) in [5.41, 5.74) is 0.447. The van der Waals surface area contributed by atoms with Gasteiger partial charge in [0.25, 0.3) is 0 Å². The maximum absolute atomic E-state index is 12.3. The first-order valence-electron chi connectivity index (χ1n) is 5.71. The molecule has 0 aromatic heterocycles. The predicted molar refractivity (Wildman–Crippen MR) is 66.3 cm³/mol. The van der Waals surface area contributed by atoms with Crippen LogP contribution in [-0.2, 0) is 6.42 Å². The lowest BCUT2D eigenvalue weighted by Gasteiger charge is -2.14. The second-order valence-corrected chi connectivity index (χ2v) is 4.31. The minimum Gasteiger partial charge on any atom is -0.497 e. The number of methoxy groups -OCH3 is 1. The lowest BCUT2D eigenvalue weighted by molar-refractivity contribution is -0.203. The Morgan fingerprint density at radius 3 is 2.37 bits per heavy atom. The number of aliphatic hydroxyl groups excluding tert-OH is 1. The molecule has 0 saturated heterocycles. The van der Waals surface area contributed by atoms with Crippen LogP contribution in [0.2, 0.25) is 0 Å². The quantitative estimate of drug-likeness (QED) is 0.927. The van der Waals surface area contributed by atoms with E-state index in [0.717, 1.165) is 10.8 Å². The maximum atomic E-state index is 12.3. The van der Waals surface area contributed by atoms with Crippen molar-refractivity contribution in [3.63, 3.8) is 0 Å². The molecule has 0 radical (unpaired) electrons. The van der Waals surface area contributed by atoms with E-state index in [0.29, 0.717) is 11.3 Å². The van der Waals surface area contributed by atoms with Gasteiger partial charge in [-0.3, -0.25) is 0 Å². The van der Waals surface area contributed by atoms with Crippen molar-refractivity contribution in [1.29, 1.82) is 0 Å². The molecule has 0 unspecified atom stereocenters. The molecule has 0 fully saturated rings. The van der Waals surface area contributed by atoms with Gasteiger partial charge in [0.1, 0.15) is 5.75 Å². The number of hydrogen-bond acceptors (Lipinski definition) is 2. The van der Waals surface area contributed by atoms with Gasteiger partial charge in [-0.25, -0.2) is 0 Å². The van der Waals surface area contributed by atoms with E-state index in [1.807, 2.05) is 0 Å². The number of aliphatic hydroxyl groups is 1. The Hall–Kier alpha value is -1.75. The molecular weight excluding hydrogens is 257 g/mol. The molecule has 0 aliphatic rings. The largest absolute Gasteiger partial charge is 0.497 e. The van der Waals surface area contributed by atoms with E-state index in [4.69, 9.17) is 9.84 Å². The molecule has 2 aromatic carbocycles. The first-order valence-corrected chi connectivity index (χ1v) is 5.71. The van der Waals surface area contributed by atoms with Gasteiger partial charge in [-0.2, -0.15) is 13.2 Å². The van der Waals surface area contributed by atoms with Gasteiger partial charge >= 0.3 is 6.18 Å². The number of halogens is 3. The molecule has 0 amide bonds. The van der Waals surface area contributed by atoms with Crippen LogP contribution in [0.5, 0.6) is 5.75 Å². The monoisotopic (exact) mass is 270 g/mol. The summed E-state index contributed by atoms with van der Waals surface area (Å²) < 4.78 is 41.9. The fourth-order valence-electron chi connectivity index (χ4n) is 1.87. The Labute approximate surface area is 108 Å². The number of alkyl halides is 3. The number of fused-ring (bicyclic) bond motifs is 1. The molecule has 2 rings (SSSR count). The Bertz CT molecular complexity index is 578. The smallest absolute Gasteiger partial charge is 0.414 e. The number of benzene rings is 2. The molecule has 1 atom stereocenters. The molecule has 0 saturated carbocycles. The Morgan fingerprint density at radius 2 is 1.74 bits per heavy atom. The predicted octanol–water partition coefficient (Wildman–Crippen LogP) is 3.31. The summed E-state index contributed by atoms with van der Waals surface area (Å²) in [5.74, 6) is 0.690. The average Bonchev–Trinajstić information content (AvgIpc) is 2.37. The summed E-state index contributed by atoms with van der Waals surface area (Å²) in [5, 5.41) is 10.7. The minimum atomic E-state index is -4.59. The van der Waals surface area contributed by atoms with Crippen LogP contribution in [-0.4, -0.2) is 24.5 Å². The molecule has 2 aromatic rings. The first-order chi connectivity index (χ1) is 8.90. The summed E-state index contributed by atoms with van der Waals surface area (Å²) in [4.78, 5) is 0. The Balaban J connectivity index is 2.27. The van der Waals surface area contributed by atoms with Crippen molar-refractivity contribution >= 4 is 10.8 Å². The van der Waals surface area contributed by atoms with Crippen LogP contribution in [0.1, 0.15) is 5.56 Å². The third-order valence-electron chi connectivity index (χ3n) is 2.92. The van der Waals surface area contributed by atoms with Gasteiger partial charge in [-0.15, -0.1) is 0 Å². The summed E-state index contributed by atoms with van der Waals surface area (Å²) >= 11 is 0. The first kappa shape index (κ1) is 13.7. The zero-order chi connectivity index (χ0) is 14.0. The van der Waals surface area contributed by atoms with Crippen molar-refractivity contribution < 1.29 is 23.0 Å². The van der Waals surface area contributed by atoms with Gasteiger partial charge in [0.2, 0.25) is 0 Å². The van der Waals surface area contributed by atoms with Crippen molar-refractivity contribution in [2.24, 2.45) is 0 Å². The zero-order valence-corrected chi connectivity index (χ0v) is 10.2. The summed E-state index contributed by atoms with van der Waals surface area (Å²) in [7, 11) is 1.55. The van der Waals surface area contributed by atoms with Crippen molar-refractivity contribution in [3.05, 3.63) is 42.0 Å².